The summed E-state index contributed by atoms with van der Waals surface area (Å²) < 4.78 is 5.58. The lowest BCUT2D eigenvalue weighted by Gasteiger charge is -2.06. The average Bonchev–Trinajstić information content (AvgIpc) is 2.37. The summed E-state index contributed by atoms with van der Waals surface area (Å²) >= 11 is 0. The first-order valence-corrected chi connectivity index (χ1v) is 6.63. The van der Waals surface area contributed by atoms with Crippen molar-refractivity contribution in [3.63, 3.8) is 0 Å². The standard InChI is InChI=1S/C14H24N2O/c1-3-5-6-10-17-12-13-7-8-14(16-11-13)15-9-4-2/h7-8,11H,3-6,9-10,12H2,1-2H3,(H,15,16). The molecular weight excluding hydrogens is 212 g/mol. The SMILES string of the molecule is CCCCCOCc1ccc(NCCC)nc1. The van der Waals surface area contributed by atoms with Crippen molar-refractivity contribution < 1.29 is 4.74 Å². The Bertz CT molecular complexity index is 285. The molecule has 0 atom stereocenters. The van der Waals surface area contributed by atoms with Gasteiger partial charge in [0.05, 0.1) is 6.61 Å². The minimum atomic E-state index is 0.671. The van der Waals surface area contributed by atoms with Crippen LogP contribution in [0.3, 0.4) is 0 Å². The van der Waals surface area contributed by atoms with Crippen LogP contribution in [0.4, 0.5) is 5.82 Å². The van der Waals surface area contributed by atoms with Crippen molar-refractivity contribution >= 4 is 5.82 Å². The van der Waals surface area contributed by atoms with E-state index in [4.69, 9.17) is 4.74 Å². The molecule has 1 heterocycles. The van der Waals surface area contributed by atoms with Gasteiger partial charge < -0.3 is 10.1 Å². The molecule has 0 aliphatic carbocycles. The van der Waals surface area contributed by atoms with E-state index in [2.05, 4.69) is 30.2 Å². The molecule has 0 aliphatic rings. The van der Waals surface area contributed by atoms with Gasteiger partial charge in [-0.25, -0.2) is 4.98 Å². The first-order valence-electron chi connectivity index (χ1n) is 6.63. The quantitative estimate of drug-likeness (QED) is 0.665. The molecule has 1 aromatic rings. The van der Waals surface area contributed by atoms with Crippen molar-refractivity contribution in [2.45, 2.75) is 46.1 Å². The number of aromatic nitrogens is 1. The van der Waals surface area contributed by atoms with E-state index >= 15 is 0 Å². The first kappa shape index (κ1) is 14.0. The Hall–Kier alpha value is -1.09. The van der Waals surface area contributed by atoms with Gasteiger partial charge in [0.1, 0.15) is 5.82 Å². The molecule has 0 amide bonds. The molecule has 0 saturated heterocycles. The predicted octanol–water partition coefficient (Wildman–Crippen LogP) is 3.61. The van der Waals surface area contributed by atoms with Gasteiger partial charge in [0.2, 0.25) is 0 Å². The van der Waals surface area contributed by atoms with Crippen LogP contribution >= 0.6 is 0 Å². The van der Waals surface area contributed by atoms with Gasteiger partial charge in [-0.2, -0.15) is 0 Å². The molecule has 0 aliphatic heterocycles. The number of pyridine rings is 1. The van der Waals surface area contributed by atoms with Crippen LogP contribution < -0.4 is 5.32 Å². The lowest BCUT2D eigenvalue weighted by molar-refractivity contribution is 0.117. The summed E-state index contributed by atoms with van der Waals surface area (Å²) in [6, 6.07) is 4.09. The fourth-order valence-electron chi connectivity index (χ4n) is 1.51. The van der Waals surface area contributed by atoms with Crippen molar-refractivity contribution in [1.29, 1.82) is 0 Å². The van der Waals surface area contributed by atoms with Gasteiger partial charge in [-0.3, -0.25) is 0 Å². The maximum Gasteiger partial charge on any atom is 0.125 e. The molecule has 1 N–H and O–H groups in total. The van der Waals surface area contributed by atoms with E-state index < -0.39 is 0 Å². The monoisotopic (exact) mass is 236 g/mol. The molecule has 3 heteroatoms. The van der Waals surface area contributed by atoms with Gasteiger partial charge in [-0.1, -0.05) is 32.8 Å². The summed E-state index contributed by atoms with van der Waals surface area (Å²) in [7, 11) is 0. The number of nitrogens with zero attached hydrogens (tertiary/aromatic N) is 1. The third-order valence-corrected chi connectivity index (χ3v) is 2.54. The lowest BCUT2D eigenvalue weighted by Crippen LogP contribution is -2.02. The molecule has 0 radical (unpaired) electrons. The molecule has 0 aromatic carbocycles. The van der Waals surface area contributed by atoms with Crippen LogP contribution in [0.5, 0.6) is 0 Å². The van der Waals surface area contributed by atoms with Crippen LogP contribution in [0.2, 0.25) is 0 Å². The lowest BCUT2D eigenvalue weighted by atomic mass is 10.2. The topological polar surface area (TPSA) is 34.1 Å². The molecule has 17 heavy (non-hydrogen) atoms. The zero-order valence-corrected chi connectivity index (χ0v) is 11.0. The van der Waals surface area contributed by atoms with Gasteiger partial charge >= 0.3 is 0 Å². The van der Waals surface area contributed by atoms with Crippen molar-refractivity contribution in [3.8, 4) is 0 Å². The van der Waals surface area contributed by atoms with Crippen molar-refractivity contribution in [3.05, 3.63) is 23.9 Å². The summed E-state index contributed by atoms with van der Waals surface area (Å²) in [6.07, 6.45) is 6.64. The van der Waals surface area contributed by atoms with E-state index in [1.807, 2.05) is 12.3 Å². The maximum atomic E-state index is 5.58. The Kier molecular flexibility index (Phi) is 7.39. The van der Waals surface area contributed by atoms with Crippen LogP contribution in [0.25, 0.3) is 0 Å². The average molecular weight is 236 g/mol. The highest BCUT2D eigenvalue weighted by atomic mass is 16.5. The van der Waals surface area contributed by atoms with Gasteiger partial charge in [0.25, 0.3) is 0 Å². The summed E-state index contributed by atoms with van der Waals surface area (Å²) in [5, 5.41) is 3.25. The molecule has 1 aromatic heterocycles. The Labute approximate surface area is 105 Å². The van der Waals surface area contributed by atoms with Crippen LogP contribution in [0, 0.1) is 0 Å². The fraction of sp³-hybridized carbons (Fsp3) is 0.643. The van der Waals surface area contributed by atoms with Crippen LogP contribution in [-0.2, 0) is 11.3 Å². The van der Waals surface area contributed by atoms with Gasteiger partial charge in [0.15, 0.2) is 0 Å². The Morgan fingerprint density at radius 2 is 2.06 bits per heavy atom. The van der Waals surface area contributed by atoms with Gasteiger partial charge in [-0.15, -0.1) is 0 Å². The predicted molar refractivity (Wildman–Crippen MR) is 72.2 cm³/mol. The third kappa shape index (κ3) is 6.27. The minimum Gasteiger partial charge on any atom is -0.377 e. The number of hydrogen-bond donors (Lipinski definition) is 1. The van der Waals surface area contributed by atoms with E-state index in [0.29, 0.717) is 6.61 Å². The number of nitrogens with one attached hydrogen (secondary N) is 1. The zero-order valence-electron chi connectivity index (χ0n) is 11.0. The second-order valence-electron chi connectivity index (χ2n) is 4.24. The number of unbranched alkanes of at least 4 members (excludes halogenated alkanes) is 2. The first-order chi connectivity index (χ1) is 8.36. The molecule has 0 saturated carbocycles. The highest BCUT2D eigenvalue weighted by Gasteiger charge is 1.96. The van der Waals surface area contributed by atoms with E-state index in [-0.39, 0.29) is 0 Å². The van der Waals surface area contributed by atoms with Crippen LogP contribution in [-0.4, -0.2) is 18.1 Å². The van der Waals surface area contributed by atoms with E-state index in [1.54, 1.807) is 0 Å². The van der Waals surface area contributed by atoms with E-state index in [1.165, 1.54) is 12.8 Å². The smallest absolute Gasteiger partial charge is 0.125 e. The number of ether oxygens (including phenoxy) is 1. The summed E-state index contributed by atoms with van der Waals surface area (Å²) in [5.41, 5.74) is 1.14. The molecule has 0 fully saturated rings. The molecule has 0 bridgehead atoms. The largest absolute Gasteiger partial charge is 0.377 e. The van der Waals surface area contributed by atoms with Gasteiger partial charge in [0, 0.05) is 19.3 Å². The molecular formula is C14H24N2O. The van der Waals surface area contributed by atoms with Crippen LogP contribution in [0.15, 0.2) is 18.3 Å². The molecule has 3 nitrogen and oxygen atoms in total. The molecule has 0 spiro atoms. The van der Waals surface area contributed by atoms with Crippen molar-refractivity contribution in [1.82, 2.24) is 4.98 Å². The highest BCUT2D eigenvalue weighted by Crippen LogP contribution is 2.06. The second-order valence-corrected chi connectivity index (χ2v) is 4.24. The minimum absolute atomic E-state index is 0.671. The van der Waals surface area contributed by atoms with Crippen molar-refractivity contribution in [2.24, 2.45) is 0 Å². The highest BCUT2D eigenvalue weighted by molar-refractivity contribution is 5.35. The Morgan fingerprint density at radius 3 is 2.71 bits per heavy atom. The number of rotatable bonds is 9. The van der Waals surface area contributed by atoms with Crippen LogP contribution in [0.1, 0.15) is 45.1 Å². The fourth-order valence-corrected chi connectivity index (χ4v) is 1.51. The number of anilines is 1. The second kappa shape index (κ2) is 8.99. The normalized spacial score (nSPS) is 10.5. The molecule has 0 unspecified atom stereocenters. The maximum absolute atomic E-state index is 5.58. The summed E-state index contributed by atoms with van der Waals surface area (Å²) in [6.45, 7) is 6.84. The third-order valence-electron chi connectivity index (χ3n) is 2.54. The Morgan fingerprint density at radius 1 is 1.18 bits per heavy atom. The summed E-state index contributed by atoms with van der Waals surface area (Å²) in [4.78, 5) is 4.34. The number of hydrogen-bond acceptors (Lipinski definition) is 3. The zero-order chi connectivity index (χ0) is 12.3. The summed E-state index contributed by atoms with van der Waals surface area (Å²) in [5.74, 6) is 0.946. The molecule has 1 rings (SSSR count). The van der Waals surface area contributed by atoms with E-state index in [0.717, 1.165) is 37.4 Å². The van der Waals surface area contributed by atoms with Gasteiger partial charge in [-0.05, 0) is 24.5 Å². The van der Waals surface area contributed by atoms with Crippen molar-refractivity contribution in [2.75, 3.05) is 18.5 Å². The van der Waals surface area contributed by atoms with E-state index in [9.17, 15) is 0 Å². The molecule has 96 valence electrons. The Balaban J connectivity index is 2.20.